The van der Waals surface area contributed by atoms with Crippen molar-refractivity contribution in [1.29, 1.82) is 0 Å². The predicted molar refractivity (Wildman–Crippen MR) is 88.2 cm³/mol. The van der Waals surface area contributed by atoms with Gasteiger partial charge in [-0.25, -0.2) is 0 Å². The van der Waals surface area contributed by atoms with E-state index >= 15 is 0 Å². The van der Waals surface area contributed by atoms with Crippen LogP contribution in [0.3, 0.4) is 0 Å². The summed E-state index contributed by atoms with van der Waals surface area (Å²) < 4.78 is 6.15. The molecule has 0 saturated heterocycles. The Hall–Kier alpha value is -0.820. The standard InChI is InChI=1S/C19H32O/c1-5-8-9-11-19(10-6-2)20-15-17-13-12-16(4)18(7-3)14-17/h12-14,19H,5-11,15H2,1-4H3/t19-/m1/s1. The molecule has 1 heteroatoms. The number of aryl methyl sites for hydroxylation is 2. The molecule has 0 aliphatic rings. The van der Waals surface area contributed by atoms with Crippen molar-refractivity contribution in [2.24, 2.45) is 0 Å². The van der Waals surface area contributed by atoms with E-state index in [1.54, 1.807) is 0 Å². The summed E-state index contributed by atoms with van der Waals surface area (Å²) in [5, 5.41) is 0. The van der Waals surface area contributed by atoms with Gasteiger partial charge in [0.05, 0.1) is 12.7 Å². The average molecular weight is 276 g/mol. The lowest BCUT2D eigenvalue weighted by Gasteiger charge is -2.18. The summed E-state index contributed by atoms with van der Waals surface area (Å²) in [7, 11) is 0. The molecule has 1 nitrogen and oxygen atoms in total. The minimum absolute atomic E-state index is 0.443. The molecule has 0 heterocycles. The summed E-state index contributed by atoms with van der Waals surface area (Å²) >= 11 is 0. The number of hydrogen-bond acceptors (Lipinski definition) is 1. The molecule has 0 aliphatic heterocycles. The highest BCUT2D eigenvalue weighted by molar-refractivity contribution is 5.30. The van der Waals surface area contributed by atoms with Crippen LogP contribution in [0.5, 0.6) is 0 Å². The maximum atomic E-state index is 6.15. The molecule has 0 aliphatic carbocycles. The van der Waals surface area contributed by atoms with Crippen molar-refractivity contribution < 1.29 is 4.74 Å². The van der Waals surface area contributed by atoms with E-state index in [9.17, 15) is 0 Å². The molecule has 1 aromatic carbocycles. The minimum Gasteiger partial charge on any atom is -0.374 e. The fourth-order valence-electron chi connectivity index (χ4n) is 2.66. The first-order chi connectivity index (χ1) is 9.71. The highest BCUT2D eigenvalue weighted by Gasteiger charge is 2.08. The third kappa shape index (κ3) is 6.09. The van der Waals surface area contributed by atoms with E-state index in [4.69, 9.17) is 4.74 Å². The normalized spacial score (nSPS) is 12.6. The van der Waals surface area contributed by atoms with Crippen molar-refractivity contribution in [2.45, 2.75) is 85.4 Å². The Morgan fingerprint density at radius 1 is 1.00 bits per heavy atom. The first kappa shape index (κ1) is 17.2. The van der Waals surface area contributed by atoms with Gasteiger partial charge in [-0.05, 0) is 42.9 Å². The molecule has 1 atom stereocenters. The number of ether oxygens (including phenoxy) is 1. The quantitative estimate of drug-likeness (QED) is 0.489. The molecular weight excluding hydrogens is 244 g/mol. The zero-order valence-electron chi connectivity index (χ0n) is 13.9. The van der Waals surface area contributed by atoms with E-state index in [-0.39, 0.29) is 0 Å². The van der Waals surface area contributed by atoms with E-state index in [1.807, 2.05) is 0 Å². The Morgan fingerprint density at radius 3 is 2.45 bits per heavy atom. The van der Waals surface area contributed by atoms with E-state index < -0.39 is 0 Å². The Balaban J connectivity index is 2.49. The molecule has 0 radical (unpaired) electrons. The van der Waals surface area contributed by atoms with Gasteiger partial charge in [-0.3, -0.25) is 0 Å². The van der Waals surface area contributed by atoms with Crippen LogP contribution in [0.2, 0.25) is 0 Å². The van der Waals surface area contributed by atoms with Crippen LogP contribution in [0, 0.1) is 6.92 Å². The van der Waals surface area contributed by atoms with Crippen molar-refractivity contribution in [2.75, 3.05) is 0 Å². The molecule has 0 bridgehead atoms. The second-order valence-electron chi connectivity index (χ2n) is 5.83. The van der Waals surface area contributed by atoms with E-state index in [0.717, 1.165) is 13.0 Å². The number of unbranched alkanes of at least 4 members (excludes halogenated alkanes) is 2. The highest BCUT2D eigenvalue weighted by Crippen LogP contribution is 2.17. The molecule has 0 saturated carbocycles. The number of rotatable bonds is 10. The van der Waals surface area contributed by atoms with Gasteiger partial charge in [0, 0.05) is 0 Å². The fourth-order valence-corrected chi connectivity index (χ4v) is 2.66. The Morgan fingerprint density at radius 2 is 1.80 bits per heavy atom. The van der Waals surface area contributed by atoms with Gasteiger partial charge in [0.1, 0.15) is 0 Å². The molecule has 0 unspecified atom stereocenters. The fraction of sp³-hybridized carbons (Fsp3) is 0.684. The summed E-state index contributed by atoms with van der Waals surface area (Å²) in [6.45, 7) is 9.68. The molecule has 0 N–H and O–H groups in total. The third-order valence-corrected chi connectivity index (χ3v) is 4.02. The van der Waals surface area contributed by atoms with Crippen molar-refractivity contribution >= 4 is 0 Å². The molecule has 1 rings (SSSR count). The van der Waals surface area contributed by atoms with Crippen molar-refractivity contribution in [1.82, 2.24) is 0 Å². The van der Waals surface area contributed by atoms with Crippen molar-refractivity contribution in [3.05, 3.63) is 34.9 Å². The summed E-state index contributed by atoms with van der Waals surface area (Å²) in [5.74, 6) is 0. The Bertz CT molecular complexity index is 370. The second-order valence-corrected chi connectivity index (χ2v) is 5.83. The maximum absolute atomic E-state index is 6.15. The molecule has 0 spiro atoms. The van der Waals surface area contributed by atoms with Gasteiger partial charge in [0.2, 0.25) is 0 Å². The van der Waals surface area contributed by atoms with E-state index in [2.05, 4.69) is 45.9 Å². The average Bonchev–Trinajstić information content (AvgIpc) is 2.46. The van der Waals surface area contributed by atoms with Gasteiger partial charge in [0.15, 0.2) is 0 Å². The summed E-state index contributed by atoms with van der Waals surface area (Å²) in [4.78, 5) is 0. The van der Waals surface area contributed by atoms with Crippen LogP contribution in [0.1, 0.15) is 76.0 Å². The molecule has 20 heavy (non-hydrogen) atoms. The van der Waals surface area contributed by atoms with Crippen LogP contribution in [0.15, 0.2) is 18.2 Å². The van der Waals surface area contributed by atoms with Crippen LogP contribution in [-0.2, 0) is 17.8 Å². The van der Waals surface area contributed by atoms with Gasteiger partial charge in [-0.1, -0.05) is 64.7 Å². The van der Waals surface area contributed by atoms with Crippen LogP contribution in [0.4, 0.5) is 0 Å². The van der Waals surface area contributed by atoms with Crippen LogP contribution >= 0.6 is 0 Å². The largest absolute Gasteiger partial charge is 0.374 e. The van der Waals surface area contributed by atoms with Gasteiger partial charge in [0.25, 0.3) is 0 Å². The summed E-state index contributed by atoms with van der Waals surface area (Å²) in [6.07, 6.45) is 9.09. The number of benzene rings is 1. The molecule has 114 valence electrons. The number of hydrogen-bond donors (Lipinski definition) is 0. The Kier molecular flexibility index (Phi) is 8.60. The summed E-state index contributed by atoms with van der Waals surface area (Å²) in [5.41, 5.74) is 4.16. The maximum Gasteiger partial charge on any atom is 0.0720 e. The lowest BCUT2D eigenvalue weighted by molar-refractivity contribution is 0.0274. The third-order valence-electron chi connectivity index (χ3n) is 4.02. The van der Waals surface area contributed by atoms with Gasteiger partial charge in [-0.2, -0.15) is 0 Å². The molecule has 1 aromatic rings. The first-order valence-electron chi connectivity index (χ1n) is 8.41. The first-order valence-corrected chi connectivity index (χ1v) is 8.41. The molecule has 0 amide bonds. The van der Waals surface area contributed by atoms with E-state index in [0.29, 0.717) is 6.10 Å². The highest BCUT2D eigenvalue weighted by atomic mass is 16.5. The summed E-state index contributed by atoms with van der Waals surface area (Å²) in [6, 6.07) is 6.75. The zero-order valence-corrected chi connectivity index (χ0v) is 13.9. The van der Waals surface area contributed by atoms with Gasteiger partial charge < -0.3 is 4.74 Å². The van der Waals surface area contributed by atoms with Crippen LogP contribution in [0.25, 0.3) is 0 Å². The molecule has 0 aromatic heterocycles. The molecular formula is C19H32O. The topological polar surface area (TPSA) is 9.23 Å². The zero-order chi connectivity index (χ0) is 14.8. The Labute approximate surface area is 125 Å². The predicted octanol–water partition coefficient (Wildman–Crippen LogP) is 5.82. The van der Waals surface area contributed by atoms with Gasteiger partial charge in [-0.15, -0.1) is 0 Å². The second kappa shape index (κ2) is 9.99. The molecule has 0 fully saturated rings. The SMILES string of the molecule is CCCCC[C@@H](CCC)OCc1ccc(C)c(CC)c1. The van der Waals surface area contributed by atoms with Crippen molar-refractivity contribution in [3.8, 4) is 0 Å². The van der Waals surface area contributed by atoms with Crippen molar-refractivity contribution in [3.63, 3.8) is 0 Å². The van der Waals surface area contributed by atoms with Gasteiger partial charge >= 0.3 is 0 Å². The van der Waals surface area contributed by atoms with Crippen LogP contribution in [-0.4, -0.2) is 6.10 Å². The minimum atomic E-state index is 0.443. The smallest absolute Gasteiger partial charge is 0.0720 e. The monoisotopic (exact) mass is 276 g/mol. The van der Waals surface area contributed by atoms with E-state index in [1.165, 1.54) is 55.2 Å². The lowest BCUT2D eigenvalue weighted by Crippen LogP contribution is -2.12. The lowest BCUT2D eigenvalue weighted by atomic mass is 10.0. The van der Waals surface area contributed by atoms with Crippen LogP contribution < -0.4 is 0 Å².